The van der Waals surface area contributed by atoms with Crippen LogP contribution in [0.5, 0.6) is 11.6 Å². The number of carbonyl (C=O) groups is 1. The van der Waals surface area contributed by atoms with Gasteiger partial charge in [-0.1, -0.05) is 17.7 Å². The van der Waals surface area contributed by atoms with Crippen molar-refractivity contribution >= 4 is 34.4 Å². The number of aromatic nitrogens is 5. The second kappa shape index (κ2) is 9.26. The average molecular weight is 518 g/mol. The molecular weight excluding hydrogens is 499 g/mol. The maximum atomic E-state index is 13.1. The molecule has 1 fully saturated rings. The van der Waals surface area contributed by atoms with E-state index in [1.165, 1.54) is 0 Å². The third-order valence-electron chi connectivity index (χ3n) is 5.84. The third-order valence-corrected chi connectivity index (χ3v) is 6.12. The van der Waals surface area contributed by atoms with Gasteiger partial charge in [0.15, 0.2) is 5.15 Å². The number of hydrogen-bond acceptors (Lipinski definition) is 7. The molecule has 0 atom stereocenters. The number of anilines is 1. The van der Waals surface area contributed by atoms with Gasteiger partial charge >= 0.3 is 6.18 Å². The van der Waals surface area contributed by atoms with E-state index in [1.807, 2.05) is 23.9 Å². The van der Waals surface area contributed by atoms with Gasteiger partial charge in [0.25, 0.3) is 11.8 Å². The molecule has 0 saturated carbocycles. The minimum atomic E-state index is -4.49. The van der Waals surface area contributed by atoms with Crippen LogP contribution in [0.1, 0.15) is 15.9 Å². The predicted molar refractivity (Wildman–Crippen MR) is 125 cm³/mol. The van der Waals surface area contributed by atoms with E-state index in [0.717, 1.165) is 12.4 Å². The number of fused-ring (bicyclic) bond motifs is 1. The van der Waals surface area contributed by atoms with Crippen molar-refractivity contribution in [1.82, 2.24) is 29.6 Å². The van der Waals surface area contributed by atoms with E-state index in [4.69, 9.17) is 16.3 Å². The summed E-state index contributed by atoms with van der Waals surface area (Å²) in [5.41, 5.74) is 0.199. The van der Waals surface area contributed by atoms with Crippen molar-refractivity contribution in [2.24, 2.45) is 7.05 Å². The summed E-state index contributed by atoms with van der Waals surface area (Å²) in [6.07, 6.45) is -1.14. The monoisotopic (exact) mass is 517 g/mol. The lowest BCUT2D eigenvalue weighted by Crippen LogP contribution is -2.49. The summed E-state index contributed by atoms with van der Waals surface area (Å²) < 4.78 is 46.0. The van der Waals surface area contributed by atoms with Gasteiger partial charge in [-0.15, -0.1) is 10.2 Å². The van der Waals surface area contributed by atoms with E-state index in [-0.39, 0.29) is 22.9 Å². The van der Waals surface area contributed by atoms with E-state index in [2.05, 4.69) is 20.2 Å². The van der Waals surface area contributed by atoms with Gasteiger partial charge in [0.05, 0.1) is 5.56 Å². The zero-order chi connectivity index (χ0) is 25.4. The largest absolute Gasteiger partial charge is 0.436 e. The van der Waals surface area contributed by atoms with Gasteiger partial charge in [-0.25, -0.2) is 9.97 Å². The summed E-state index contributed by atoms with van der Waals surface area (Å²) >= 11 is 6.12. The molecule has 186 valence electrons. The Labute approximate surface area is 208 Å². The maximum Gasteiger partial charge on any atom is 0.419 e. The molecule has 1 aromatic carbocycles. The number of carbonyl (C=O) groups excluding carboxylic acids is 1. The van der Waals surface area contributed by atoms with Crippen LogP contribution >= 0.6 is 11.6 Å². The number of piperazine rings is 1. The van der Waals surface area contributed by atoms with Crippen LogP contribution in [0.3, 0.4) is 0 Å². The van der Waals surface area contributed by atoms with Crippen molar-refractivity contribution < 1.29 is 22.7 Å². The van der Waals surface area contributed by atoms with Crippen molar-refractivity contribution in [3.05, 3.63) is 65.2 Å². The Morgan fingerprint density at radius 3 is 2.47 bits per heavy atom. The Bertz CT molecular complexity index is 1420. The second-order valence-electron chi connectivity index (χ2n) is 8.16. The highest BCUT2D eigenvalue weighted by atomic mass is 35.5. The predicted octanol–water partition coefficient (Wildman–Crippen LogP) is 4.19. The molecule has 0 unspecified atom stereocenters. The second-order valence-corrected chi connectivity index (χ2v) is 8.52. The Morgan fingerprint density at radius 2 is 1.78 bits per heavy atom. The van der Waals surface area contributed by atoms with Gasteiger partial charge < -0.3 is 19.1 Å². The normalized spacial score (nSPS) is 14.4. The third kappa shape index (κ3) is 4.63. The van der Waals surface area contributed by atoms with Gasteiger partial charge in [0.1, 0.15) is 11.3 Å². The number of amides is 1. The lowest BCUT2D eigenvalue weighted by Gasteiger charge is -2.34. The Kier molecular flexibility index (Phi) is 6.12. The van der Waals surface area contributed by atoms with E-state index in [1.54, 1.807) is 34.1 Å². The SMILES string of the molecule is Cn1ccc2c(Cl)nnc(Oc3cccc(C(=O)N4CCN(c5ncc(C(F)(F)F)cn5)CC4)c3)c21. The molecule has 9 nitrogen and oxygen atoms in total. The van der Waals surface area contributed by atoms with Crippen LogP contribution in [-0.2, 0) is 13.2 Å². The number of alkyl halides is 3. The van der Waals surface area contributed by atoms with Gasteiger partial charge in [-0.05, 0) is 24.3 Å². The lowest BCUT2D eigenvalue weighted by atomic mass is 10.1. The van der Waals surface area contributed by atoms with E-state index >= 15 is 0 Å². The van der Waals surface area contributed by atoms with Gasteiger partial charge in [0, 0.05) is 62.8 Å². The first-order chi connectivity index (χ1) is 17.2. The van der Waals surface area contributed by atoms with Crippen LogP contribution in [0.2, 0.25) is 5.15 Å². The number of aryl methyl sites for hydroxylation is 1. The van der Waals surface area contributed by atoms with E-state index in [0.29, 0.717) is 48.4 Å². The number of hydrogen-bond donors (Lipinski definition) is 0. The highest BCUT2D eigenvalue weighted by Gasteiger charge is 2.32. The summed E-state index contributed by atoms with van der Waals surface area (Å²) in [6.45, 7) is 1.50. The average Bonchev–Trinajstić information content (AvgIpc) is 3.28. The number of ether oxygens (including phenoxy) is 1. The molecule has 36 heavy (non-hydrogen) atoms. The van der Waals surface area contributed by atoms with Crippen LogP contribution in [0.4, 0.5) is 19.1 Å². The molecule has 0 aliphatic carbocycles. The standard InChI is InChI=1S/C23H19ClF3N7O2/c1-32-6-5-17-18(32)20(31-30-19(17)24)36-16-4-2-3-14(11-16)21(35)33-7-9-34(10-8-33)22-28-12-15(13-29-22)23(25,26)27/h2-6,11-13H,7-10H2,1H3. The summed E-state index contributed by atoms with van der Waals surface area (Å²) in [6, 6.07) is 8.54. The highest BCUT2D eigenvalue weighted by molar-refractivity contribution is 6.34. The van der Waals surface area contributed by atoms with Crippen molar-refractivity contribution in [3.8, 4) is 11.6 Å². The molecule has 0 radical (unpaired) electrons. The summed E-state index contributed by atoms with van der Waals surface area (Å²) in [4.78, 5) is 24.2. The summed E-state index contributed by atoms with van der Waals surface area (Å²) in [5, 5.41) is 8.95. The molecule has 13 heteroatoms. The first kappa shape index (κ1) is 23.8. The molecule has 4 aromatic rings. The van der Waals surface area contributed by atoms with Gasteiger partial charge in [-0.3, -0.25) is 4.79 Å². The molecule has 4 heterocycles. The molecule has 1 amide bonds. The number of halogens is 4. The Balaban J connectivity index is 1.26. The first-order valence-corrected chi connectivity index (χ1v) is 11.3. The van der Waals surface area contributed by atoms with Gasteiger partial charge in [-0.2, -0.15) is 13.2 Å². The molecule has 5 rings (SSSR count). The number of rotatable bonds is 4. The molecule has 1 aliphatic rings. The van der Waals surface area contributed by atoms with E-state index < -0.39 is 11.7 Å². The minimum absolute atomic E-state index is 0.195. The van der Waals surface area contributed by atoms with Crippen LogP contribution in [0, 0.1) is 0 Å². The fourth-order valence-electron chi connectivity index (χ4n) is 3.95. The summed E-state index contributed by atoms with van der Waals surface area (Å²) in [7, 11) is 1.84. The van der Waals surface area contributed by atoms with Crippen LogP contribution in [-0.4, -0.2) is 61.7 Å². The van der Waals surface area contributed by atoms with Crippen molar-refractivity contribution in [2.45, 2.75) is 6.18 Å². The maximum absolute atomic E-state index is 13.1. The van der Waals surface area contributed by atoms with Crippen molar-refractivity contribution in [3.63, 3.8) is 0 Å². The molecule has 3 aromatic heterocycles. The number of nitrogens with zero attached hydrogens (tertiary/aromatic N) is 7. The lowest BCUT2D eigenvalue weighted by molar-refractivity contribution is -0.138. The zero-order valence-corrected chi connectivity index (χ0v) is 19.7. The van der Waals surface area contributed by atoms with Gasteiger partial charge in [0.2, 0.25) is 5.95 Å². The van der Waals surface area contributed by atoms with Crippen LogP contribution in [0.25, 0.3) is 10.9 Å². The molecule has 0 bridgehead atoms. The van der Waals surface area contributed by atoms with Crippen molar-refractivity contribution in [1.29, 1.82) is 0 Å². The van der Waals surface area contributed by atoms with Crippen LogP contribution in [0.15, 0.2) is 48.9 Å². The van der Waals surface area contributed by atoms with Crippen molar-refractivity contribution in [2.75, 3.05) is 31.1 Å². The van der Waals surface area contributed by atoms with E-state index in [9.17, 15) is 18.0 Å². The zero-order valence-electron chi connectivity index (χ0n) is 18.9. The van der Waals surface area contributed by atoms with Crippen LogP contribution < -0.4 is 9.64 Å². The quantitative estimate of drug-likeness (QED) is 0.401. The fraction of sp³-hybridized carbons (Fsp3) is 0.261. The highest BCUT2D eigenvalue weighted by Crippen LogP contribution is 2.32. The minimum Gasteiger partial charge on any atom is -0.436 e. The molecule has 0 N–H and O–H groups in total. The Morgan fingerprint density at radius 1 is 1.06 bits per heavy atom. The number of benzene rings is 1. The summed E-state index contributed by atoms with van der Waals surface area (Å²) in [5.74, 6) is 0.676. The Hall–Kier alpha value is -3.93. The topological polar surface area (TPSA) is 89.3 Å². The molecule has 1 saturated heterocycles. The molecule has 0 spiro atoms. The first-order valence-electron chi connectivity index (χ1n) is 10.9. The fourth-order valence-corrected chi connectivity index (χ4v) is 4.14. The molecular formula is C23H19ClF3N7O2. The molecule has 1 aliphatic heterocycles. The smallest absolute Gasteiger partial charge is 0.419 e.